The van der Waals surface area contributed by atoms with Gasteiger partial charge >= 0.3 is 0 Å². The van der Waals surface area contributed by atoms with Crippen LogP contribution in [0.25, 0.3) is 11.0 Å². The molecule has 0 amide bonds. The molecule has 104 valence electrons. The average molecular weight is 263 g/mol. The Labute approximate surface area is 113 Å². The molecule has 0 spiro atoms. The van der Waals surface area contributed by atoms with Gasteiger partial charge in [-0.3, -0.25) is 0 Å². The van der Waals surface area contributed by atoms with E-state index in [1.165, 1.54) is 0 Å². The third kappa shape index (κ3) is 3.53. The minimum atomic E-state index is -0.506. The molecule has 19 heavy (non-hydrogen) atoms. The minimum absolute atomic E-state index is 0.506. The summed E-state index contributed by atoms with van der Waals surface area (Å²) in [6, 6.07) is 5.88. The lowest BCUT2D eigenvalue weighted by molar-refractivity contribution is 0.168. The zero-order chi connectivity index (χ0) is 13.7. The van der Waals surface area contributed by atoms with Gasteiger partial charge in [-0.1, -0.05) is 6.07 Å². The summed E-state index contributed by atoms with van der Waals surface area (Å²) < 4.78 is 6.94. The second-order valence-corrected chi connectivity index (χ2v) is 4.67. The van der Waals surface area contributed by atoms with Crippen LogP contribution in [0.15, 0.2) is 24.5 Å². The molecule has 0 saturated carbocycles. The molecule has 5 heteroatoms. The number of ether oxygens (including phenoxy) is 1. The molecule has 0 aliphatic carbocycles. The summed E-state index contributed by atoms with van der Waals surface area (Å²) >= 11 is 0. The number of nitrogens with zero attached hydrogens (tertiary/aromatic N) is 2. The second-order valence-electron chi connectivity index (χ2n) is 4.67. The number of hydrogen-bond acceptors (Lipinski definition) is 4. The van der Waals surface area contributed by atoms with E-state index in [2.05, 4.69) is 10.3 Å². The van der Waals surface area contributed by atoms with Crippen molar-refractivity contribution in [2.45, 2.75) is 12.5 Å². The Kier molecular flexibility index (Phi) is 4.90. The quantitative estimate of drug-likeness (QED) is 0.738. The SMILES string of the molecule is COCCCNCC(O)c1ccc2c(c1)ncn2C. The summed E-state index contributed by atoms with van der Waals surface area (Å²) in [6.07, 6.45) is 2.22. The van der Waals surface area contributed by atoms with E-state index < -0.39 is 6.10 Å². The maximum atomic E-state index is 10.1. The molecule has 2 rings (SSSR count). The van der Waals surface area contributed by atoms with Gasteiger partial charge in [0.05, 0.1) is 23.5 Å². The van der Waals surface area contributed by atoms with Crippen LogP contribution in [0.4, 0.5) is 0 Å². The molecule has 5 nitrogen and oxygen atoms in total. The molecule has 2 aromatic rings. The number of rotatable bonds is 7. The van der Waals surface area contributed by atoms with Gasteiger partial charge in [-0.15, -0.1) is 0 Å². The van der Waals surface area contributed by atoms with Crippen LogP contribution in [-0.4, -0.2) is 41.5 Å². The van der Waals surface area contributed by atoms with Gasteiger partial charge in [0.1, 0.15) is 0 Å². The Balaban J connectivity index is 1.91. The van der Waals surface area contributed by atoms with Crippen molar-refractivity contribution in [3.05, 3.63) is 30.1 Å². The lowest BCUT2D eigenvalue weighted by Gasteiger charge is -2.12. The van der Waals surface area contributed by atoms with Crippen molar-refractivity contribution in [1.82, 2.24) is 14.9 Å². The van der Waals surface area contributed by atoms with Crippen LogP contribution in [0.3, 0.4) is 0 Å². The molecule has 0 fully saturated rings. The summed E-state index contributed by atoms with van der Waals surface area (Å²) in [6.45, 7) is 2.13. The molecular formula is C14H21N3O2. The van der Waals surface area contributed by atoms with Crippen LogP contribution in [0.1, 0.15) is 18.1 Å². The highest BCUT2D eigenvalue weighted by molar-refractivity contribution is 5.76. The van der Waals surface area contributed by atoms with E-state index in [-0.39, 0.29) is 0 Å². The molecule has 0 saturated heterocycles. The number of hydrogen-bond donors (Lipinski definition) is 2. The highest BCUT2D eigenvalue weighted by atomic mass is 16.5. The van der Waals surface area contributed by atoms with E-state index in [1.807, 2.05) is 29.8 Å². The molecule has 1 heterocycles. The standard InChI is InChI=1S/C14H21N3O2/c1-17-10-16-12-8-11(4-5-13(12)17)14(18)9-15-6-3-7-19-2/h4-5,8,10,14-15,18H,3,6-7,9H2,1-2H3. The third-order valence-corrected chi connectivity index (χ3v) is 3.17. The fraction of sp³-hybridized carbons (Fsp3) is 0.500. The minimum Gasteiger partial charge on any atom is -0.387 e. The lowest BCUT2D eigenvalue weighted by atomic mass is 10.1. The number of benzene rings is 1. The van der Waals surface area contributed by atoms with Gasteiger partial charge in [-0.25, -0.2) is 4.98 Å². The van der Waals surface area contributed by atoms with Crippen LogP contribution in [0.2, 0.25) is 0 Å². The molecule has 1 unspecified atom stereocenters. The molecule has 0 aliphatic rings. The number of aromatic nitrogens is 2. The zero-order valence-corrected chi connectivity index (χ0v) is 11.5. The largest absolute Gasteiger partial charge is 0.387 e. The predicted octanol–water partition coefficient (Wildman–Crippen LogP) is 1.23. The maximum absolute atomic E-state index is 10.1. The number of imidazole rings is 1. The Bertz CT molecular complexity index is 524. The van der Waals surface area contributed by atoms with Crippen LogP contribution >= 0.6 is 0 Å². The van der Waals surface area contributed by atoms with Crippen molar-refractivity contribution in [3.8, 4) is 0 Å². The first kappa shape index (κ1) is 14.0. The normalized spacial score (nSPS) is 13.0. The molecule has 1 aromatic heterocycles. The van der Waals surface area contributed by atoms with Gasteiger partial charge in [-0.05, 0) is 30.7 Å². The van der Waals surface area contributed by atoms with Crippen molar-refractivity contribution in [2.75, 3.05) is 26.8 Å². The van der Waals surface area contributed by atoms with E-state index in [0.717, 1.165) is 36.2 Å². The molecule has 1 atom stereocenters. The van der Waals surface area contributed by atoms with Gasteiger partial charge in [0, 0.05) is 27.3 Å². The summed E-state index contributed by atoms with van der Waals surface area (Å²) in [5, 5.41) is 13.3. The van der Waals surface area contributed by atoms with Crippen molar-refractivity contribution >= 4 is 11.0 Å². The monoisotopic (exact) mass is 263 g/mol. The number of nitrogens with one attached hydrogen (secondary N) is 1. The van der Waals surface area contributed by atoms with Gasteiger partial charge in [0.25, 0.3) is 0 Å². The highest BCUT2D eigenvalue weighted by Crippen LogP contribution is 2.18. The van der Waals surface area contributed by atoms with Crippen LogP contribution in [-0.2, 0) is 11.8 Å². The maximum Gasteiger partial charge on any atom is 0.0955 e. The van der Waals surface area contributed by atoms with Gasteiger partial charge in [-0.2, -0.15) is 0 Å². The number of aliphatic hydroxyl groups is 1. The molecule has 2 N–H and O–H groups in total. The van der Waals surface area contributed by atoms with E-state index in [4.69, 9.17) is 4.74 Å². The fourth-order valence-electron chi connectivity index (χ4n) is 2.06. The third-order valence-electron chi connectivity index (χ3n) is 3.17. The van der Waals surface area contributed by atoms with Crippen molar-refractivity contribution in [2.24, 2.45) is 7.05 Å². The number of fused-ring (bicyclic) bond motifs is 1. The summed E-state index contributed by atoms with van der Waals surface area (Å²) in [5.74, 6) is 0. The molecule has 0 radical (unpaired) electrons. The Hall–Kier alpha value is -1.43. The Morgan fingerprint density at radius 3 is 3.11 bits per heavy atom. The lowest BCUT2D eigenvalue weighted by Crippen LogP contribution is -2.23. The number of methoxy groups -OCH3 is 1. The summed E-state index contributed by atoms with van der Waals surface area (Å²) in [7, 11) is 3.65. The number of aryl methyl sites for hydroxylation is 1. The topological polar surface area (TPSA) is 59.3 Å². The van der Waals surface area contributed by atoms with Crippen LogP contribution in [0.5, 0.6) is 0 Å². The van der Waals surface area contributed by atoms with Gasteiger partial charge in [0.15, 0.2) is 0 Å². The smallest absolute Gasteiger partial charge is 0.0955 e. The summed E-state index contributed by atoms with van der Waals surface area (Å²) in [5.41, 5.74) is 2.88. The molecule has 0 aliphatic heterocycles. The van der Waals surface area contributed by atoms with Crippen LogP contribution in [0, 0.1) is 0 Å². The van der Waals surface area contributed by atoms with Crippen molar-refractivity contribution in [1.29, 1.82) is 0 Å². The second kappa shape index (κ2) is 6.65. The first-order chi connectivity index (χ1) is 9.22. The van der Waals surface area contributed by atoms with Crippen molar-refractivity contribution < 1.29 is 9.84 Å². The molecular weight excluding hydrogens is 242 g/mol. The summed E-state index contributed by atoms with van der Waals surface area (Å²) in [4.78, 5) is 4.30. The van der Waals surface area contributed by atoms with Gasteiger partial charge < -0.3 is 19.7 Å². The highest BCUT2D eigenvalue weighted by Gasteiger charge is 2.09. The van der Waals surface area contributed by atoms with E-state index >= 15 is 0 Å². The van der Waals surface area contributed by atoms with Gasteiger partial charge in [0.2, 0.25) is 0 Å². The predicted molar refractivity (Wildman–Crippen MR) is 75.0 cm³/mol. The van der Waals surface area contributed by atoms with E-state index in [0.29, 0.717) is 6.54 Å². The van der Waals surface area contributed by atoms with E-state index in [9.17, 15) is 5.11 Å². The Morgan fingerprint density at radius 1 is 1.47 bits per heavy atom. The average Bonchev–Trinajstić information content (AvgIpc) is 2.79. The molecule has 0 bridgehead atoms. The van der Waals surface area contributed by atoms with Crippen molar-refractivity contribution in [3.63, 3.8) is 0 Å². The molecule has 1 aromatic carbocycles. The first-order valence-electron chi connectivity index (χ1n) is 6.51. The van der Waals surface area contributed by atoms with Crippen LogP contribution < -0.4 is 5.32 Å². The fourth-order valence-corrected chi connectivity index (χ4v) is 2.06. The zero-order valence-electron chi connectivity index (χ0n) is 11.5. The van der Waals surface area contributed by atoms with E-state index in [1.54, 1.807) is 13.4 Å². The number of aliphatic hydroxyl groups excluding tert-OH is 1. The Morgan fingerprint density at radius 2 is 2.32 bits per heavy atom. The first-order valence-corrected chi connectivity index (χ1v) is 6.51.